The van der Waals surface area contributed by atoms with Crippen LogP contribution in [-0.2, 0) is 11.3 Å². The summed E-state index contributed by atoms with van der Waals surface area (Å²) in [6.07, 6.45) is 0. The summed E-state index contributed by atoms with van der Waals surface area (Å²) in [7, 11) is 3.13. The van der Waals surface area contributed by atoms with Gasteiger partial charge in [-0.05, 0) is 36.4 Å². The molecule has 3 aromatic rings. The van der Waals surface area contributed by atoms with Crippen LogP contribution >= 0.6 is 0 Å². The Morgan fingerprint density at radius 1 is 0.906 bits per heavy atom. The van der Waals surface area contributed by atoms with Crippen LogP contribution in [-0.4, -0.2) is 61.0 Å². The van der Waals surface area contributed by atoms with E-state index in [-0.39, 0.29) is 18.0 Å². The Kier molecular flexibility index (Phi) is 6.39. The molecular formula is C24H26N4O4. The zero-order valence-electron chi connectivity index (χ0n) is 18.2. The first-order chi connectivity index (χ1) is 15.6. The highest BCUT2D eigenvalue weighted by Gasteiger charge is 2.22. The normalized spacial score (nSPS) is 13.7. The Hall–Kier alpha value is -3.81. The van der Waals surface area contributed by atoms with Gasteiger partial charge in [0.05, 0.1) is 19.9 Å². The quantitative estimate of drug-likeness (QED) is 0.593. The number of methoxy groups -OCH3 is 2. The first-order valence-corrected chi connectivity index (χ1v) is 10.5. The third-order valence-electron chi connectivity index (χ3n) is 5.58. The number of nitrogens with zero attached hydrogens (tertiary/aromatic N) is 4. The van der Waals surface area contributed by atoms with Crippen LogP contribution in [0.15, 0.2) is 65.5 Å². The Balaban J connectivity index is 1.46. The third-order valence-corrected chi connectivity index (χ3v) is 5.58. The van der Waals surface area contributed by atoms with Gasteiger partial charge in [0, 0.05) is 43.5 Å². The number of anilines is 1. The van der Waals surface area contributed by atoms with Crippen LogP contribution < -0.4 is 19.9 Å². The Labute approximate surface area is 186 Å². The van der Waals surface area contributed by atoms with Crippen molar-refractivity contribution in [2.45, 2.75) is 6.54 Å². The lowest BCUT2D eigenvalue weighted by atomic mass is 10.1. The van der Waals surface area contributed by atoms with Crippen molar-refractivity contribution >= 4 is 11.6 Å². The number of carbonyl (C=O) groups is 1. The molecule has 8 heteroatoms. The van der Waals surface area contributed by atoms with Crippen LogP contribution in [0.5, 0.6) is 11.5 Å². The standard InChI is InChI=1S/C24H26N4O4/c1-31-21-10-8-18(16-22(21)32-2)20-9-11-23(29)28(25-20)17-24(30)27-14-12-26(13-15-27)19-6-4-3-5-7-19/h3-11,16H,12-15,17H2,1-2H3. The highest BCUT2D eigenvalue weighted by Crippen LogP contribution is 2.31. The van der Waals surface area contributed by atoms with E-state index >= 15 is 0 Å². The molecule has 1 aliphatic rings. The number of piperazine rings is 1. The fourth-order valence-corrected chi connectivity index (χ4v) is 3.79. The van der Waals surface area contributed by atoms with Gasteiger partial charge in [-0.2, -0.15) is 5.10 Å². The van der Waals surface area contributed by atoms with Crippen molar-refractivity contribution in [1.82, 2.24) is 14.7 Å². The van der Waals surface area contributed by atoms with Crippen LogP contribution in [0.3, 0.4) is 0 Å². The van der Waals surface area contributed by atoms with E-state index < -0.39 is 0 Å². The molecule has 166 valence electrons. The largest absolute Gasteiger partial charge is 0.493 e. The van der Waals surface area contributed by atoms with Gasteiger partial charge in [0.15, 0.2) is 11.5 Å². The summed E-state index contributed by atoms with van der Waals surface area (Å²) in [6, 6.07) is 18.6. The summed E-state index contributed by atoms with van der Waals surface area (Å²) in [5, 5.41) is 4.42. The van der Waals surface area contributed by atoms with Crippen molar-refractivity contribution in [3.63, 3.8) is 0 Å². The second-order valence-corrected chi connectivity index (χ2v) is 7.49. The number of amides is 1. The van der Waals surface area contributed by atoms with Crippen LogP contribution in [0.25, 0.3) is 11.3 Å². The highest BCUT2D eigenvalue weighted by atomic mass is 16.5. The van der Waals surface area contributed by atoms with Gasteiger partial charge < -0.3 is 19.3 Å². The van der Waals surface area contributed by atoms with Crippen LogP contribution in [0.1, 0.15) is 0 Å². The molecule has 4 rings (SSSR count). The maximum Gasteiger partial charge on any atom is 0.267 e. The van der Waals surface area contributed by atoms with Crippen molar-refractivity contribution in [3.05, 3.63) is 71.0 Å². The smallest absolute Gasteiger partial charge is 0.267 e. The van der Waals surface area contributed by atoms with E-state index in [1.165, 1.54) is 10.7 Å². The van der Waals surface area contributed by atoms with Gasteiger partial charge in [0.1, 0.15) is 6.54 Å². The number of para-hydroxylation sites is 1. The Morgan fingerprint density at radius 2 is 1.62 bits per heavy atom. The van der Waals surface area contributed by atoms with Gasteiger partial charge in [-0.3, -0.25) is 9.59 Å². The molecule has 0 saturated carbocycles. The summed E-state index contributed by atoms with van der Waals surface area (Å²) in [4.78, 5) is 29.3. The number of ether oxygens (including phenoxy) is 2. The van der Waals surface area contributed by atoms with E-state index in [9.17, 15) is 9.59 Å². The zero-order chi connectivity index (χ0) is 22.5. The molecule has 0 aliphatic carbocycles. The van der Waals surface area contributed by atoms with Gasteiger partial charge in [-0.15, -0.1) is 0 Å². The second-order valence-electron chi connectivity index (χ2n) is 7.49. The number of aromatic nitrogens is 2. The molecule has 1 saturated heterocycles. The molecule has 2 aromatic carbocycles. The average molecular weight is 434 g/mol. The lowest BCUT2D eigenvalue weighted by Crippen LogP contribution is -2.50. The SMILES string of the molecule is COc1ccc(-c2ccc(=O)n(CC(=O)N3CCN(c4ccccc4)CC3)n2)cc1OC. The Morgan fingerprint density at radius 3 is 2.31 bits per heavy atom. The predicted octanol–water partition coefficient (Wildman–Crippen LogP) is 2.28. The molecule has 32 heavy (non-hydrogen) atoms. The zero-order valence-corrected chi connectivity index (χ0v) is 18.2. The van der Waals surface area contributed by atoms with E-state index in [1.54, 1.807) is 37.3 Å². The number of hydrogen-bond donors (Lipinski definition) is 0. The topological polar surface area (TPSA) is 76.9 Å². The molecule has 0 bridgehead atoms. The van der Waals surface area contributed by atoms with E-state index in [2.05, 4.69) is 22.1 Å². The van der Waals surface area contributed by atoms with Crippen molar-refractivity contribution in [3.8, 4) is 22.8 Å². The number of hydrogen-bond acceptors (Lipinski definition) is 6. The summed E-state index contributed by atoms with van der Waals surface area (Å²) < 4.78 is 11.8. The summed E-state index contributed by atoms with van der Waals surface area (Å²) in [5.41, 5.74) is 2.18. The molecule has 1 aromatic heterocycles. The molecule has 0 atom stereocenters. The van der Waals surface area contributed by atoms with Gasteiger partial charge >= 0.3 is 0 Å². The summed E-state index contributed by atoms with van der Waals surface area (Å²) >= 11 is 0. The Bertz CT molecular complexity index is 1140. The minimum absolute atomic E-state index is 0.0920. The molecule has 1 fully saturated rings. The molecule has 8 nitrogen and oxygen atoms in total. The average Bonchev–Trinajstić information content (AvgIpc) is 2.85. The van der Waals surface area contributed by atoms with Crippen LogP contribution in [0.2, 0.25) is 0 Å². The van der Waals surface area contributed by atoms with Crippen LogP contribution in [0, 0.1) is 0 Å². The van der Waals surface area contributed by atoms with Crippen molar-refractivity contribution in [2.75, 3.05) is 45.3 Å². The predicted molar refractivity (Wildman–Crippen MR) is 122 cm³/mol. The maximum atomic E-state index is 12.9. The molecule has 0 radical (unpaired) electrons. The minimum atomic E-state index is -0.314. The van der Waals surface area contributed by atoms with Crippen molar-refractivity contribution in [1.29, 1.82) is 0 Å². The monoisotopic (exact) mass is 434 g/mol. The van der Waals surface area contributed by atoms with Crippen LogP contribution in [0.4, 0.5) is 5.69 Å². The maximum absolute atomic E-state index is 12.9. The van der Waals surface area contributed by atoms with Gasteiger partial charge in [-0.1, -0.05) is 18.2 Å². The van der Waals surface area contributed by atoms with Gasteiger partial charge in [-0.25, -0.2) is 4.68 Å². The number of rotatable bonds is 6. The summed E-state index contributed by atoms with van der Waals surface area (Å²) in [5.74, 6) is 1.06. The van der Waals surface area contributed by atoms with E-state index in [0.29, 0.717) is 30.3 Å². The van der Waals surface area contributed by atoms with E-state index in [4.69, 9.17) is 9.47 Å². The first kappa shape index (κ1) is 21.4. The number of carbonyl (C=O) groups excluding carboxylic acids is 1. The molecule has 2 heterocycles. The van der Waals surface area contributed by atoms with Crippen molar-refractivity contribution in [2.24, 2.45) is 0 Å². The highest BCUT2D eigenvalue weighted by molar-refractivity contribution is 5.76. The third kappa shape index (κ3) is 4.59. The molecule has 0 unspecified atom stereocenters. The molecule has 1 aliphatic heterocycles. The second kappa shape index (κ2) is 9.55. The summed E-state index contributed by atoms with van der Waals surface area (Å²) in [6.45, 7) is 2.63. The molecule has 1 amide bonds. The van der Waals surface area contributed by atoms with Gasteiger partial charge in [0.25, 0.3) is 5.56 Å². The van der Waals surface area contributed by atoms with Crippen molar-refractivity contribution < 1.29 is 14.3 Å². The first-order valence-electron chi connectivity index (χ1n) is 10.5. The lowest BCUT2D eigenvalue weighted by Gasteiger charge is -2.36. The molecule has 0 N–H and O–H groups in total. The fraction of sp³-hybridized carbons (Fsp3) is 0.292. The van der Waals surface area contributed by atoms with E-state index in [0.717, 1.165) is 24.3 Å². The van der Waals surface area contributed by atoms with E-state index in [1.807, 2.05) is 24.3 Å². The fourth-order valence-electron chi connectivity index (χ4n) is 3.79. The molecule has 0 spiro atoms. The minimum Gasteiger partial charge on any atom is -0.493 e. The molecular weight excluding hydrogens is 408 g/mol. The number of benzene rings is 2. The lowest BCUT2D eigenvalue weighted by molar-refractivity contribution is -0.132. The van der Waals surface area contributed by atoms with Gasteiger partial charge in [0.2, 0.25) is 5.91 Å².